The van der Waals surface area contributed by atoms with Gasteiger partial charge in [0.1, 0.15) is 5.82 Å². The van der Waals surface area contributed by atoms with Gasteiger partial charge < -0.3 is 5.32 Å². The standard InChI is InChI=1S/C13H15BrFN3/c14-11-6-13-10(5-12(11)15)7-17-18(13)8-9-1-3-16-4-2-9/h5-7,9,16H,1-4,8H2. The van der Waals surface area contributed by atoms with E-state index in [0.717, 1.165) is 30.5 Å². The number of hydrogen-bond acceptors (Lipinski definition) is 2. The number of fused-ring (bicyclic) bond motifs is 1. The summed E-state index contributed by atoms with van der Waals surface area (Å²) in [6, 6.07) is 3.35. The van der Waals surface area contributed by atoms with Crippen molar-refractivity contribution < 1.29 is 4.39 Å². The summed E-state index contributed by atoms with van der Waals surface area (Å²) in [5.74, 6) is 0.432. The van der Waals surface area contributed by atoms with Gasteiger partial charge in [-0.15, -0.1) is 0 Å². The summed E-state index contributed by atoms with van der Waals surface area (Å²) >= 11 is 3.23. The van der Waals surface area contributed by atoms with Gasteiger partial charge in [0, 0.05) is 11.9 Å². The predicted octanol–water partition coefficient (Wildman–Crippen LogP) is 2.94. The first kappa shape index (κ1) is 12.1. The van der Waals surface area contributed by atoms with Crippen LogP contribution in [0.5, 0.6) is 0 Å². The fourth-order valence-corrected chi connectivity index (χ4v) is 2.86. The van der Waals surface area contributed by atoms with Gasteiger partial charge in [0.2, 0.25) is 0 Å². The highest BCUT2D eigenvalue weighted by atomic mass is 79.9. The highest BCUT2D eigenvalue weighted by Crippen LogP contribution is 2.24. The Balaban J connectivity index is 1.89. The molecule has 2 aromatic rings. The highest BCUT2D eigenvalue weighted by Gasteiger charge is 2.15. The third-order valence-electron chi connectivity index (χ3n) is 3.57. The number of nitrogens with one attached hydrogen (secondary N) is 1. The van der Waals surface area contributed by atoms with Crippen molar-refractivity contribution in [1.29, 1.82) is 0 Å². The van der Waals surface area contributed by atoms with Gasteiger partial charge in [0.05, 0.1) is 16.2 Å². The molecular weight excluding hydrogens is 297 g/mol. The molecule has 1 aromatic heterocycles. The Labute approximate surface area is 113 Å². The molecule has 0 amide bonds. The third kappa shape index (κ3) is 2.29. The summed E-state index contributed by atoms with van der Waals surface area (Å²) < 4.78 is 15.9. The Morgan fingerprint density at radius 1 is 1.39 bits per heavy atom. The number of piperidine rings is 1. The average molecular weight is 312 g/mol. The average Bonchev–Trinajstić information content (AvgIpc) is 2.74. The lowest BCUT2D eigenvalue weighted by Gasteiger charge is -2.22. The molecule has 1 fully saturated rings. The molecule has 0 saturated carbocycles. The largest absolute Gasteiger partial charge is 0.317 e. The molecule has 0 radical (unpaired) electrons. The van der Waals surface area contributed by atoms with Crippen molar-refractivity contribution in [2.45, 2.75) is 19.4 Å². The second-order valence-electron chi connectivity index (χ2n) is 4.85. The minimum atomic E-state index is -0.232. The van der Waals surface area contributed by atoms with Crippen molar-refractivity contribution in [2.75, 3.05) is 13.1 Å². The smallest absolute Gasteiger partial charge is 0.138 e. The Bertz CT molecular complexity index is 561. The van der Waals surface area contributed by atoms with Gasteiger partial charge >= 0.3 is 0 Å². The van der Waals surface area contributed by atoms with Crippen LogP contribution in [0, 0.1) is 11.7 Å². The number of hydrogen-bond donors (Lipinski definition) is 1. The summed E-state index contributed by atoms with van der Waals surface area (Å²) in [4.78, 5) is 0. The highest BCUT2D eigenvalue weighted by molar-refractivity contribution is 9.10. The second-order valence-corrected chi connectivity index (χ2v) is 5.70. The normalized spacial score (nSPS) is 17.4. The zero-order valence-corrected chi connectivity index (χ0v) is 11.6. The van der Waals surface area contributed by atoms with E-state index in [1.807, 2.05) is 10.7 Å². The zero-order valence-electron chi connectivity index (χ0n) is 10.00. The Hall–Kier alpha value is -0.940. The van der Waals surface area contributed by atoms with Crippen LogP contribution >= 0.6 is 15.9 Å². The van der Waals surface area contributed by atoms with Gasteiger partial charge in [0.25, 0.3) is 0 Å². The number of nitrogens with zero attached hydrogens (tertiary/aromatic N) is 2. The summed E-state index contributed by atoms with van der Waals surface area (Å²) in [5, 5.41) is 8.61. The van der Waals surface area contributed by atoms with Gasteiger partial charge in [-0.2, -0.15) is 5.10 Å². The van der Waals surface area contributed by atoms with Crippen LogP contribution < -0.4 is 5.32 Å². The van der Waals surface area contributed by atoms with Crippen molar-refractivity contribution in [3.8, 4) is 0 Å². The second kappa shape index (κ2) is 4.97. The van der Waals surface area contributed by atoms with Crippen LogP contribution in [-0.4, -0.2) is 22.9 Å². The topological polar surface area (TPSA) is 29.9 Å². The van der Waals surface area contributed by atoms with Crippen LogP contribution in [0.15, 0.2) is 22.8 Å². The predicted molar refractivity (Wildman–Crippen MR) is 73.0 cm³/mol. The third-order valence-corrected chi connectivity index (χ3v) is 4.18. The fourth-order valence-electron chi connectivity index (χ4n) is 2.53. The minimum absolute atomic E-state index is 0.232. The van der Waals surface area contributed by atoms with E-state index >= 15 is 0 Å². The first-order valence-electron chi connectivity index (χ1n) is 6.25. The van der Waals surface area contributed by atoms with E-state index in [2.05, 4.69) is 26.3 Å². The molecule has 0 bridgehead atoms. The van der Waals surface area contributed by atoms with Gasteiger partial charge in [-0.3, -0.25) is 4.68 Å². The molecule has 18 heavy (non-hydrogen) atoms. The molecule has 5 heteroatoms. The SMILES string of the molecule is Fc1cc2cnn(CC3CCNCC3)c2cc1Br. The lowest BCUT2D eigenvalue weighted by molar-refractivity contribution is 0.325. The van der Waals surface area contributed by atoms with E-state index in [4.69, 9.17) is 0 Å². The molecule has 3 nitrogen and oxygen atoms in total. The van der Waals surface area contributed by atoms with E-state index < -0.39 is 0 Å². The molecule has 1 N–H and O–H groups in total. The van der Waals surface area contributed by atoms with Gasteiger partial charge in [0.15, 0.2) is 0 Å². The lowest BCUT2D eigenvalue weighted by atomic mass is 9.98. The molecule has 96 valence electrons. The van der Waals surface area contributed by atoms with Crippen LogP contribution in [0.3, 0.4) is 0 Å². The fraction of sp³-hybridized carbons (Fsp3) is 0.462. The van der Waals surface area contributed by atoms with E-state index in [1.165, 1.54) is 18.9 Å². The molecule has 3 rings (SSSR count). The molecule has 0 aliphatic carbocycles. The molecule has 1 saturated heterocycles. The van der Waals surface area contributed by atoms with Crippen molar-refractivity contribution >= 4 is 26.8 Å². The summed E-state index contributed by atoms with van der Waals surface area (Å²) in [7, 11) is 0. The number of rotatable bonds is 2. The summed E-state index contributed by atoms with van der Waals surface area (Å²) in [6.45, 7) is 3.09. The molecule has 0 unspecified atom stereocenters. The maximum absolute atomic E-state index is 13.4. The summed E-state index contributed by atoms with van der Waals surface area (Å²) in [5.41, 5.74) is 1.00. The summed E-state index contributed by atoms with van der Waals surface area (Å²) in [6.07, 6.45) is 4.11. The van der Waals surface area contributed by atoms with Crippen LogP contribution in [-0.2, 0) is 6.54 Å². The quantitative estimate of drug-likeness (QED) is 0.924. The molecule has 1 aromatic carbocycles. The first-order valence-corrected chi connectivity index (χ1v) is 7.04. The van der Waals surface area contributed by atoms with Crippen LogP contribution in [0.4, 0.5) is 4.39 Å². The lowest BCUT2D eigenvalue weighted by Crippen LogP contribution is -2.30. The van der Waals surface area contributed by atoms with E-state index in [1.54, 1.807) is 6.20 Å². The molecule has 0 spiro atoms. The molecule has 1 aliphatic heterocycles. The Morgan fingerprint density at radius 2 is 2.17 bits per heavy atom. The first-order chi connectivity index (χ1) is 8.74. The Kier molecular flexibility index (Phi) is 3.35. The maximum Gasteiger partial charge on any atom is 0.138 e. The van der Waals surface area contributed by atoms with Crippen molar-refractivity contribution in [1.82, 2.24) is 15.1 Å². The molecular formula is C13H15BrFN3. The monoisotopic (exact) mass is 311 g/mol. The van der Waals surface area contributed by atoms with Crippen LogP contribution in [0.2, 0.25) is 0 Å². The van der Waals surface area contributed by atoms with Gasteiger partial charge in [-0.1, -0.05) is 0 Å². The zero-order chi connectivity index (χ0) is 12.5. The molecule has 0 atom stereocenters. The maximum atomic E-state index is 13.4. The van der Waals surface area contributed by atoms with E-state index in [9.17, 15) is 4.39 Å². The van der Waals surface area contributed by atoms with E-state index in [-0.39, 0.29) is 5.82 Å². The van der Waals surface area contributed by atoms with Crippen molar-refractivity contribution in [2.24, 2.45) is 5.92 Å². The van der Waals surface area contributed by atoms with Gasteiger partial charge in [-0.05, 0) is 59.9 Å². The van der Waals surface area contributed by atoms with Crippen molar-refractivity contribution in [3.05, 3.63) is 28.6 Å². The van der Waals surface area contributed by atoms with E-state index in [0.29, 0.717) is 10.4 Å². The Morgan fingerprint density at radius 3 is 2.94 bits per heavy atom. The number of benzene rings is 1. The number of halogens is 2. The van der Waals surface area contributed by atoms with Gasteiger partial charge in [-0.25, -0.2) is 4.39 Å². The molecule has 2 heterocycles. The minimum Gasteiger partial charge on any atom is -0.317 e. The molecule has 1 aliphatic rings. The van der Waals surface area contributed by atoms with Crippen LogP contribution in [0.25, 0.3) is 10.9 Å². The van der Waals surface area contributed by atoms with Crippen molar-refractivity contribution in [3.63, 3.8) is 0 Å². The van der Waals surface area contributed by atoms with Crippen LogP contribution in [0.1, 0.15) is 12.8 Å². The number of aromatic nitrogens is 2.